The fourth-order valence-electron chi connectivity index (χ4n) is 2.18. The van der Waals surface area contributed by atoms with E-state index in [0.29, 0.717) is 17.1 Å². The van der Waals surface area contributed by atoms with Gasteiger partial charge in [0.05, 0.1) is 17.4 Å². The number of anilines is 2. The summed E-state index contributed by atoms with van der Waals surface area (Å²) < 4.78 is 0. The Morgan fingerprint density at radius 1 is 1.23 bits per heavy atom. The molecule has 0 fully saturated rings. The van der Waals surface area contributed by atoms with E-state index < -0.39 is 6.04 Å². The van der Waals surface area contributed by atoms with Gasteiger partial charge in [-0.3, -0.25) is 4.79 Å². The average molecular weight is 318 g/mol. The van der Waals surface area contributed by atoms with Crippen LogP contribution >= 0.6 is 11.6 Å². The number of hydrogen-bond acceptors (Lipinski definition) is 3. The number of nitrogens with one attached hydrogen (secondary N) is 1. The third kappa shape index (κ3) is 4.23. The standard InChI is InChI=1S/C17H20ClN3O/c1-21(2)16-9-8-13(18)11-15(16)20-17(22)14(19)10-12-6-4-3-5-7-12/h3-9,11,14H,10,19H2,1-2H3,(H,20,22)/t14-/m1/s1. The molecule has 2 aromatic carbocycles. The van der Waals surface area contributed by atoms with Crippen LogP contribution in [0, 0.1) is 0 Å². The number of carbonyl (C=O) groups excluding carboxylic acids is 1. The van der Waals surface area contributed by atoms with Crippen LogP contribution in [0.1, 0.15) is 5.56 Å². The zero-order valence-corrected chi connectivity index (χ0v) is 13.5. The van der Waals surface area contributed by atoms with Crippen LogP contribution in [-0.2, 0) is 11.2 Å². The third-order valence-corrected chi connectivity index (χ3v) is 3.57. The van der Waals surface area contributed by atoms with Gasteiger partial charge in [-0.1, -0.05) is 41.9 Å². The molecule has 116 valence electrons. The summed E-state index contributed by atoms with van der Waals surface area (Å²) in [5.41, 5.74) is 8.57. The molecule has 0 radical (unpaired) electrons. The number of benzene rings is 2. The molecule has 0 heterocycles. The minimum atomic E-state index is -0.614. The Morgan fingerprint density at radius 3 is 2.55 bits per heavy atom. The number of nitrogens with zero attached hydrogens (tertiary/aromatic N) is 1. The van der Waals surface area contributed by atoms with Gasteiger partial charge in [0.15, 0.2) is 0 Å². The predicted octanol–water partition coefficient (Wildman–Crippen LogP) is 2.91. The molecule has 0 aliphatic rings. The summed E-state index contributed by atoms with van der Waals surface area (Å²) in [4.78, 5) is 14.2. The van der Waals surface area contributed by atoms with Gasteiger partial charge < -0.3 is 16.0 Å². The summed E-state index contributed by atoms with van der Waals surface area (Å²) in [6.07, 6.45) is 0.491. The van der Waals surface area contributed by atoms with Crippen molar-refractivity contribution in [1.29, 1.82) is 0 Å². The van der Waals surface area contributed by atoms with Crippen LogP contribution in [0.4, 0.5) is 11.4 Å². The third-order valence-electron chi connectivity index (χ3n) is 3.33. The predicted molar refractivity (Wildman–Crippen MR) is 92.5 cm³/mol. The molecule has 0 aromatic heterocycles. The van der Waals surface area contributed by atoms with Crippen molar-refractivity contribution >= 4 is 28.9 Å². The van der Waals surface area contributed by atoms with Crippen molar-refractivity contribution in [1.82, 2.24) is 0 Å². The van der Waals surface area contributed by atoms with E-state index in [1.807, 2.05) is 55.4 Å². The molecule has 22 heavy (non-hydrogen) atoms. The van der Waals surface area contributed by atoms with E-state index in [0.717, 1.165) is 11.3 Å². The van der Waals surface area contributed by atoms with Crippen LogP contribution in [0.5, 0.6) is 0 Å². The van der Waals surface area contributed by atoms with Crippen LogP contribution < -0.4 is 16.0 Å². The topological polar surface area (TPSA) is 58.4 Å². The number of carbonyl (C=O) groups is 1. The van der Waals surface area contributed by atoms with E-state index in [9.17, 15) is 4.79 Å². The summed E-state index contributed by atoms with van der Waals surface area (Å²) in [5.74, 6) is -0.228. The van der Waals surface area contributed by atoms with E-state index >= 15 is 0 Å². The maximum Gasteiger partial charge on any atom is 0.241 e. The fraction of sp³-hybridized carbons (Fsp3) is 0.235. The van der Waals surface area contributed by atoms with E-state index in [4.69, 9.17) is 17.3 Å². The summed E-state index contributed by atoms with van der Waals surface area (Å²) in [7, 11) is 3.81. The van der Waals surface area contributed by atoms with Gasteiger partial charge in [0.1, 0.15) is 0 Å². The highest BCUT2D eigenvalue weighted by Gasteiger charge is 2.16. The van der Waals surface area contributed by atoms with Gasteiger partial charge in [-0.25, -0.2) is 0 Å². The summed E-state index contributed by atoms with van der Waals surface area (Å²) in [5, 5.41) is 3.43. The van der Waals surface area contributed by atoms with Gasteiger partial charge in [0.25, 0.3) is 0 Å². The number of rotatable bonds is 5. The number of halogens is 1. The van der Waals surface area contributed by atoms with Crippen molar-refractivity contribution in [2.24, 2.45) is 5.73 Å². The molecule has 0 saturated heterocycles. The normalized spacial score (nSPS) is 11.8. The maximum atomic E-state index is 12.3. The first kappa shape index (κ1) is 16.3. The van der Waals surface area contributed by atoms with E-state index in [1.165, 1.54) is 0 Å². The second-order valence-corrected chi connectivity index (χ2v) is 5.78. The quantitative estimate of drug-likeness (QED) is 0.891. The second-order valence-electron chi connectivity index (χ2n) is 5.34. The van der Waals surface area contributed by atoms with E-state index in [2.05, 4.69) is 5.32 Å². The van der Waals surface area contributed by atoms with Crippen molar-refractivity contribution in [2.75, 3.05) is 24.3 Å². The maximum absolute atomic E-state index is 12.3. The molecule has 0 aliphatic carbocycles. The first-order chi connectivity index (χ1) is 10.5. The first-order valence-electron chi connectivity index (χ1n) is 7.04. The van der Waals surface area contributed by atoms with Crippen LogP contribution in [0.15, 0.2) is 48.5 Å². The highest BCUT2D eigenvalue weighted by molar-refractivity contribution is 6.31. The molecule has 0 aliphatic heterocycles. The van der Waals surface area contributed by atoms with Crippen molar-refractivity contribution in [3.05, 3.63) is 59.1 Å². The monoisotopic (exact) mass is 317 g/mol. The highest BCUT2D eigenvalue weighted by atomic mass is 35.5. The van der Waals surface area contributed by atoms with Crippen molar-refractivity contribution in [3.8, 4) is 0 Å². The molecule has 0 saturated carbocycles. The molecule has 1 amide bonds. The van der Waals surface area contributed by atoms with Crippen molar-refractivity contribution < 1.29 is 4.79 Å². The average Bonchev–Trinajstić information content (AvgIpc) is 2.48. The fourth-order valence-corrected chi connectivity index (χ4v) is 2.36. The SMILES string of the molecule is CN(C)c1ccc(Cl)cc1NC(=O)[C@H](N)Cc1ccccc1. The molecule has 0 unspecified atom stereocenters. The lowest BCUT2D eigenvalue weighted by molar-refractivity contribution is -0.117. The zero-order valence-electron chi connectivity index (χ0n) is 12.7. The lowest BCUT2D eigenvalue weighted by Crippen LogP contribution is -2.37. The van der Waals surface area contributed by atoms with Gasteiger partial charge in [-0.15, -0.1) is 0 Å². The molecule has 3 N–H and O–H groups in total. The van der Waals surface area contributed by atoms with Crippen LogP contribution in [-0.4, -0.2) is 26.0 Å². The van der Waals surface area contributed by atoms with Crippen LogP contribution in [0.3, 0.4) is 0 Å². The highest BCUT2D eigenvalue weighted by Crippen LogP contribution is 2.27. The Labute approximate surface area is 135 Å². The smallest absolute Gasteiger partial charge is 0.241 e. The zero-order chi connectivity index (χ0) is 16.1. The molecule has 2 aromatic rings. The molecule has 1 atom stereocenters. The molecule has 4 nitrogen and oxygen atoms in total. The Balaban J connectivity index is 2.10. The molecule has 0 bridgehead atoms. The first-order valence-corrected chi connectivity index (χ1v) is 7.42. The lowest BCUT2D eigenvalue weighted by atomic mass is 10.1. The largest absolute Gasteiger partial charge is 0.376 e. The Kier molecular flexibility index (Phi) is 5.41. The van der Waals surface area contributed by atoms with Crippen LogP contribution in [0.2, 0.25) is 5.02 Å². The minimum absolute atomic E-state index is 0.228. The lowest BCUT2D eigenvalue weighted by Gasteiger charge is -2.19. The number of nitrogens with two attached hydrogens (primary N) is 1. The number of amides is 1. The second kappa shape index (κ2) is 7.29. The molecule has 5 heteroatoms. The van der Waals surface area contributed by atoms with Gasteiger partial charge in [0.2, 0.25) is 5.91 Å². The summed E-state index contributed by atoms with van der Waals surface area (Å²) >= 11 is 6.01. The Morgan fingerprint density at radius 2 is 1.91 bits per heavy atom. The van der Waals surface area contributed by atoms with Gasteiger partial charge in [0, 0.05) is 19.1 Å². The Bertz CT molecular complexity index is 644. The van der Waals surface area contributed by atoms with Crippen molar-refractivity contribution in [2.45, 2.75) is 12.5 Å². The van der Waals surface area contributed by atoms with Gasteiger partial charge in [-0.2, -0.15) is 0 Å². The van der Waals surface area contributed by atoms with E-state index in [-0.39, 0.29) is 5.91 Å². The molecule has 2 rings (SSSR count). The Hall–Kier alpha value is -2.04. The van der Waals surface area contributed by atoms with Gasteiger partial charge >= 0.3 is 0 Å². The van der Waals surface area contributed by atoms with Gasteiger partial charge in [-0.05, 0) is 30.2 Å². The van der Waals surface area contributed by atoms with Crippen LogP contribution in [0.25, 0.3) is 0 Å². The molecule has 0 spiro atoms. The minimum Gasteiger partial charge on any atom is -0.376 e. The van der Waals surface area contributed by atoms with Crippen molar-refractivity contribution in [3.63, 3.8) is 0 Å². The van der Waals surface area contributed by atoms with E-state index in [1.54, 1.807) is 12.1 Å². The molecular weight excluding hydrogens is 298 g/mol. The number of hydrogen-bond donors (Lipinski definition) is 2. The summed E-state index contributed by atoms with van der Waals surface area (Å²) in [6, 6.07) is 14.5. The summed E-state index contributed by atoms with van der Waals surface area (Å²) in [6.45, 7) is 0. The molecular formula is C17H20ClN3O.